The zero-order valence-corrected chi connectivity index (χ0v) is 8.99. The standard InChI is InChI=1S/C10H15N3O3/c14-8(11-7-3-1-2-4-7)5-13-6-9(15)12-10(13)16/h7H,1-6H2,(H,11,14)(H,12,15,16). The van der Waals surface area contributed by atoms with Crippen LogP contribution in [0.4, 0.5) is 4.79 Å². The molecule has 6 heteroatoms. The third kappa shape index (κ3) is 2.50. The molecule has 2 rings (SSSR count). The number of hydrogen-bond acceptors (Lipinski definition) is 3. The summed E-state index contributed by atoms with van der Waals surface area (Å²) in [6, 6.07) is -0.236. The molecule has 0 bridgehead atoms. The molecule has 88 valence electrons. The number of hydrogen-bond donors (Lipinski definition) is 2. The van der Waals surface area contributed by atoms with Crippen molar-refractivity contribution in [3.63, 3.8) is 0 Å². The summed E-state index contributed by atoms with van der Waals surface area (Å²) < 4.78 is 0. The van der Waals surface area contributed by atoms with Crippen molar-refractivity contribution >= 4 is 17.8 Å². The van der Waals surface area contributed by atoms with E-state index in [0.29, 0.717) is 0 Å². The van der Waals surface area contributed by atoms with E-state index in [9.17, 15) is 14.4 Å². The van der Waals surface area contributed by atoms with E-state index in [1.54, 1.807) is 0 Å². The molecule has 1 aliphatic heterocycles. The maximum Gasteiger partial charge on any atom is 0.325 e. The molecule has 0 aromatic heterocycles. The summed E-state index contributed by atoms with van der Waals surface area (Å²) >= 11 is 0. The predicted molar refractivity (Wildman–Crippen MR) is 55.5 cm³/mol. The molecule has 6 nitrogen and oxygen atoms in total. The van der Waals surface area contributed by atoms with Crippen molar-refractivity contribution in [2.24, 2.45) is 0 Å². The molecule has 4 amide bonds. The Labute approximate surface area is 93.4 Å². The largest absolute Gasteiger partial charge is 0.352 e. The van der Waals surface area contributed by atoms with Crippen molar-refractivity contribution in [1.82, 2.24) is 15.5 Å². The quantitative estimate of drug-likeness (QED) is 0.641. The number of carbonyl (C=O) groups excluding carboxylic acids is 3. The summed E-state index contributed by atoms with van der Waals surface area (Å²) in [6.45, 7) is -0.0506. The van der Waals surface area contributed by atoms with Gasteiger partial charge in [-0.1, -0.05) is 12.8 Å². The number of imide groups is 1. The van der Waals surface area contributed by atoms with Crippen LogP contribution in [-0.2, 0) is 9.59 Å². The van der Waals surface area contributed by atoms with Crippen LogP contribution in [0.5, 0.6) is 0 Å². The Bertz CT molecular complexity index is 323. The first-order valence-electron chi connectivity index (χ1n) is 5.53. The molecule has 2 aliphatic rings. The number of nitrogens with zero attached hydrogens (tertiary/aromatic N) is 1. The van der Waals surface area contributed by atoms with E-state index >= 15 is 0 Å². The van der Waals surface area contributed by atoms with Gasteiger partial charge in [-0.2, -0.15) is 0 Å². The minimum absolute atomic E-state index is 0.0169. The molecule has 2 N–H and O–H groups in total. The van der Waals surface area contributed by atoms with E-state index in [1.165, 1.54) is 4.90 Å². The van der Waals surface area contributed by atoms with E-state index in [1.807, 2.05) is 0 Å². The first kappa shape index (κ1) is 10.9. The van der Waals surface area contributed by atoms with Crippen molar-refractivity contribution in [3.8, 4) is 0 Å². The molecule has 1 heterocycles. The zero-order chi connectivity index (χ0) is 11.5. The van der Waals surface area contributed by atoms with Crippen molar-refractivity contribution in [1.29, 1.82) is 0 Å². The van der Waals surface area contributed by atoms with Gasteiger partial charge in [0.15, 0.2) is 0 Å². The Hall–Kier alpha value is -1.59. The van der Waals surface area contributed by atoms with Gasteiger partial charge >= 0.3 is 6.03 Å². The summed E-state index contributed by atoms with van der Waals surface area (Å²) in [7, 11) is 0. The highest BCUT2D eigenvalue weighted by Gasteiger charge is 2.28. The van der Waals surface area contributed by atoms with Gasteiger partial charge in [0.05, 0.1) is 0 Å². The second-order valence-corrected chi connectivity index (χ2v) is 4.26. The van der Waals surface area contributed by atoms with E-state index in [2.05, 4.69) is 10.6 Å². The molecule has 0 unspecified atom stereocenters. The molecular formula is C10H15N3O3. The number of rotatable bonds is 3. The Kier molecular flexibility index (Phi) is 3.07. The van der Waals surface area contributed by atoms with Gasteiger partial charge in [-0.25, -0.2) is 4.79 Å². The average Bonchev–Trinajstić information content (AvgIpc) is 2.78. The van der Waals surface area contributed by atoms with E-state index in [0.717, 1.165) is 25.7 Å². The maximum atomic E-state index is 11.6. The van der Waals surface area contributed by atoms with Gasteiger partial charge < -0.3 is 10.2 Å². The molecule has 0 spiro atoms. The lowest BCUT2D eigenvalue weighted by atomic mass is 10.2. The number of nitrogens with one attached hydrogen (secondary N) is 2. The molecule has 1 aliphatic carbocycles. The van der Waals surface area contributed by atoms with Crippen LogP contribution in [-0.4, -0.2) is 41.9 Å². The fraction of sp³-hybridized carbons (Fsp3) is 0.700. The second-order valence-electron chi connectivity index (χ2n) is 4.26. The predicted octanol–water partition coefficient (Wildman–Crippen LogP) is -0.403. The number of carbonyl (C=O) groups is 3. The van der Waals surface area contributed by atoms with Crippen LogP contribution in [0.25, 0.3) is 0 Å². The summed E-state index contributed by atoms with van der Waals surface area (Å²) in [6.07, 6.45) is 4.31. The molecule has 1 saturated carbocycles. The van der Waals surface area contributed by atoms with Crippen molar-refractivity contribution in [2.75, 3.05) is 13.1 Å². The Morgan fingerprint density at radius 1 is 1.38 bits per heavy atom. The zero-order valence-electron chi connectivity index (χ0n) is 8.99. The Morgan fingerprint density at radius 3 is 2.62 bits per heavy atom. The molecule has 16 heavy (non-hydrogen) atoms. The summed E-state index contributed by atoms with van der Waals surface area (Å²) in [5.74, 6) is -0.532. The van der Waals surface area contributed by atoms with Gasteiger partial charge in [0, 0.05) is 6.04 Å². The van der Waals surface area contributed by atoms with Crippen LogP contribution >= 0.6 is 0 Å². The van der Waals surface area contributed by atoms with Gasteiger partial charge in [0.25, 0.3) is 0 Å². The monoisotopic (exact) mass is 225 g/mol. The van der Waals surface area contributed by atoms with Crippen LogP contribution in [0.3, 0.4) is 0 Å². The first-order valence-corrected chi connectivity index (χ1v) is 5.53. The van der Waals surface area contributed by atoms with Crippen LogP contribution in [0, 0.1) is 0 Å². The van der Waals surface area contributed by atoms with E-state index < -0.39 is 6.03 Å². The Balaban J connectivity index is 1.78. The minimum Gasteiger partial charge on any atom is -0.352 e. The molecule has 0 aromatic rings. The first-order chi connectivity index (χ1) is 7.65. The number of amides is 4. The fourth-order valence-corrected chi connectivity index (χ4v) is 2.13. The molecule has 1 saturated heterocycles. The molecule has 0 atom stereocenters. The molecular weight excluding hydrogens is 210 g/mol. The summed E-state index contributed by atoms with van der Waals surface area (Å²) in [5.41, 5.74) is 0. The minimum atomic E-state index is -0.480. The molecule has 2 fully saturated rings. The van der Waals surface area contributed by atoms with Gasteiger partial charge in [0.2, 0.25) is 11.8 Å². The third-order valence-corrected chi connectivity index (χ3v) is 2.92. The smallest absolute Gasteiger partial charge is 0.325 e. The van der Waals surface area contributed by atoms with Crippen molar-refractivity contribution in [2.45, 2.75) is 31.7 Å². The van der Waals surface area contributed by atoms with E-state index in [-0.39, 0.29) is 30.9 Å². The highest BCUT2D eigenvalue weighted by Crippen LogP contribution is 2.17. The normalized spacial score (nSPS) is 21.4. The summed E-state index contributed by atoms with van der Waals surface area (Å²) in [5, 5.41) is 5.00. The molecule has 0 radical (unpaired) electrons. The SMILES string of the molecule is O=C1CN(CC(=O)NC2CCCC2)C(=O)N1. The number of urea groups is 1. The lowest BCUT2D eigenvalue weighted by Gasteiger charge is -2.16. The highest BCUT2D eigenvalue weighted by atomic mass is 16.2. The van der Waals surface area contributed by atoms with E-state index in [4.69, 9.17) is 0 Å². The lowest BCUT2D eigenvalue weighted by molar-refractivity contribution is -0.122. The van der Waals surface area contributed by atoms with Crippen molar-refractivity contribution in [3.05, 3.63) is 0 Å². The maximum absolute atomic E-state index is 11.6. The van der Waals surface area contributed by atoms with Crippen LogP contribution in [0.1, 0.15) is 25.7 Å². The highest BCUT2D eigenvalue weighted by molar-refractivity contribution is 6.03. The summed E-state index contributed by atoms with van der Waals surface area (Å²) in [4.78, 5) is 34.8. The van der Waals surface area contributed by atoms with Gasteiger partial charge in [-0.3, -0.25) is 14.9 Å². The van der Waals surface area contributed by atoms with Crippen LogP contribution in [0.15, 0.2) is 0 Å². The van der Waals surface area contributed by atoms with Gasteiger partial charge in [-0.15, -0.1) is 0 Å². The topological polar surface area (TPSA) is 78.5 Å². The van der Waals surface area contributed by atoms with Crippen molar-refractivity contribution < 1.29 is 14.4 Å². The fourth-order valence-electron chi connectivity index (χ4n) is 2.13. The Morgan fingerprint density at radius 2 is 2.06 bits per heavy atom. The molecule has 0 aromatic carbocycles. The second kappa shape index (κ2) is 4.51. The van der Waals surface area contributed by atoms with Gasteiger partial charge in [0.1, 0.15) is 13.1 Å². The van der Waals surface area contributed by atoms with Gasteiger partial charge in [-0.05, 0) is 12.8 Å². The lowest BCUT2D eigenvalue weighted by Crippen LogP contribution is -2.42. The third-order valence-electron chi connectivity index (χ3n) is 2.92. The van der Waals surface area contributed by atoms with Crippen LogP contribution < -0.4 is 10.6 Å². The average molecular weight is 225 g/mol. The van der Waals surface area contributed by atoms with Crippen LogP contribution in [0.2, 0.25) is 0 Å².